The van der Waals surface area contributed by atoms with E-state index in [1.807, 2.05) is 18.5 Å². The van der Waals surface area contributed by atoms with Crippen molar-refractivity contribution in [1.82, 2.24) is 24.7 Å². The highest BCUT2D eigenvalue weighted by atomic mass is 19.1. The highest BCUT2D eigenvalue weighted by Gasteiger charge is 2.06. The molecule has 2 heterocycles. The Bertz CT molecular complexity index is 585. The summed E-state index contributed by atoms with van der Waals surface area (Å²) in [5.41, 5.74) is 0. The van der Waals surface area contributed by atoms with E-state index in [0.717, 1.165) is 30.8 Å². The van der Waals surface area contributed by atoms with E-state index in [1.165, 1.54) is 7.11 Å². The Labute approximate surface area is 116 Å². The molecule has 0 spiro atoms. The Kier molecular flexibility index (Phi) is 4.44. The van der Waals surface area contributed by atoms with E-state index >= 15 is 0 Å². The lowest BCUT2D eigenvalue weighted by molar-refractivity contribution is 0.367. The largest absolute Gasteiger partial charge is 0.479 e. The van der Waals surface area contributed by atoms with Crippen LogP contribution in [0.1, 0.15) is 18.1 Å². The van der Waals surface area contributed by atoms with Crippen LogP contribution in [0.5, 0.6) is 5.88 Å². The predicted octanol–water partition coefficient (Wildman–Crippen LogP) is 1.33. The van der Waals surface area contributed by atoms with Crippen LogP contribution in [0.25, 0.3) is 0 Å². The molecule has 20 heavy (non-hydrogen) atoms. The van der Waals surface area contributed by atoms with Gasteiger partial charge in [0.1, 0.15) is 11.6 Å². The minimum atomic E-state index is -0.577. The van der Waals surface area contributed by atoms with Crippen molar-refractivity contribution in [2.75, 3.05) is 19.0 Å². The zero-order chi connectivity index (χ0) is 14.5. The topological polar surface area (TPSA) is 77.8 Å². The van der Waals surface area contributed by atoms with Crippen LogP contribution >= 0.6 is 0 Å². The maximum atomic E-state index is 13.1. The summed E-state index contributed by atoms with van der Waals surface area (Å²) in [6, 6.07) is 0. The molecular formula is C12H17FN6O. The predicted molar refractivity (Wildman–Crippen MR) is 71.1 cm³/mol. The fourth-order valence-electron chi connectivity index (χ4n) is 1.78. The molecule has 0 aliphatic heterocycles. The van der Waals surface area contributed by atoms with Crippen LogP contribution in [0.3, 0.4) is 0 Å². The van der Waals surface area contributed by atoms with Crippen molar-refractivity contribution in [3.8, 4) is 5.88 Å². The molecule has 0 aliphatic carbocycles. The lowest BCUT2D eigenvalue weighted by atomic mass is 10.4. The number of methoxy groups -OCH3 is 1. The third-order valence-electron chi connectivity index (χ3n) is 2.70. The molecule has 108 valence electrons. The Balaban J connectivity index is 1.83. The summed E-state index contributed by atoms with van der Waals surface area (Å²) in [7, 11) is 1.37. The molecule has 0 amide bonds. The molecule has 0 aromatic carbocycles. The fraction of sp³-hybridized carbons (Fsp3) is 0.500. The van der Waals surface area contributed by atoms with Gasteiger partial charge in [0.05, 0.1) is 13.3 Å². The van der Waals surface area contributed by atoms with Gasteiger partial charge in [-0.15, -0.1) is 0 Å². The molecule has 0 unspecified atom stereocenters. The van der Waals surface area contributed by atoms with Crippen LogP contribution in [-0.2, 0) is 6.54 Å². The van der Waals surface area contributed by atoms with Gasteiger partial charge in [0, 0.05) is 13.1 Å². The number of aryl methyl sites for hydroxylation is 3. The van der Waals surface area contributed by atoms with Gasteiger partial charge >= 0.3 is 0 Å². The molecule has 0 atom stereocenters. The van der Waals surface area contributed by atoms with E-state index in [-0.39, 0.29) is 5.88 Å². The molecule has 0 saturated heterocycles. The van der Waals surface area contributed by atoms with E-state index in [2.05, 4.69) is 25.4 Å². The lowest BCUT2D eigenvalue weighted by Crippen LogP contribution is -2.11. The lowest BCUT2D eigenvalue weighted by Gasteiger charge is -2.07. The smallest absolute Gasteiger partial charge is 0.255 e. The standard InChI is InChI=1S/C12H17FN6O/c1-8-16-9(2)19(18-8)6-4-5-14-12-15-7-10(13)11(17-12)20-3/h7H,4-6H2,1-3H3,(H,14,15,17). The van der Waals surface area contributed by atoms with Gasteiger partial charge in [-0.05, 0) is 20.3 Å². The summed E-state index contributed by atoms with van der Waals surface area (Å²) in [5.74, 6) is 1.36. The van der Waals surface area contributed by atoms with Gasteiger partial charge in [-0.25, -0.2) is 9.97 Å². The summed E-state index contributed by atoms with van der Waals surface area (Å²) in [6.07, 6.45) is 1.91. The third-order valence-corrected chi connectivity index (χ3v) is 2.70. The molecule has 0 aliphatic rings. The number of hydrogen-bond acceptors (Lipinski definition) is 6. The summed E-state index contributed by atoms with van der Waals surface area (Å²) in [4.78, 5) is 12.0. The van der Waals surface area contributed by atoms with Gasteiger partial charge in [0.25, 0.3) is 5.88 Å². The van der Waals surface area contributed by atoms with Crippen molar-refractivity contribution < 1.29 is 9.13 Å². The highest BCUT2D eigenvalue weighted by molar-refractivity contribution is 5.28. The quantitative estimate of drug-likeness (QED) is 0.804. The molecule has 8 heteroatoms. The summed E-state index contributed by atoms with van der Waals surface area (Å²) >= 11 is 0. The Hall–Kier alpha value is -2.25. The van der Waals surface area contributed by atoms with Crippen molar-refractivity contribution in [2.24, 2.45) is 0 Å². The van der Waals surface area contributed by atoms with E-state index < -0.39 is 5.82 Å². The van der Waals surface area contributed by atoms with Gasteiger partial charge in [-0.3, -0.25) is 4.68 Å². The Morgan fingerprint density at radius 1 is 1.35 bits per heavy atom. The van der Waals surface area contributed by atoms with E-state index in [0.29, 0.717) is 12.5 Å². The first-order chi connectivity index (χ1) is 9.60. The molecule has 2 rings (SSSR count). The van der Waals surface area contributed by atoms with Crippen LogP contribution in [0.2, 0.25) is 0 Å². The van der Waals surface area contributed by atoms with Crippen LogP contribution in [0, 0.1) is 19.7 Å². The second-order valence-corrected chi connectivity index (χ2v) is 4.26. The van der Waals surface area contributed by atoms with Gasteiger partial charge in [0.2, 0.25) is 11.8 Å². The Morgan fingerprint density at radius 2 is 2.15 bits per heavy atom. The van der Waals surface area contributed by atoms with E-state index in [4.69, 9.17) is 4.74 Å². The SMILES string of the molecule is COc1nc(NCCCn2nc(C)nc2C)ncc1F. The third kappa shape index (κ3) is 3.40. The van der Waals surface area contributed by atoms with Crippen molar-refractivity contribution in [3.05, 3.63) is 23.7 Å². The molecule has 2 aromatic rings. The zero-order valence-corrected chi connectivity index (χ0v) is 11.7. The van der Waals surface area contributed by atoms with Crippen molar-refractivity contribution in [1.29, 1.82) is 0 Å². The second kappa shape index (κ2) is 6.27. The summed E-state index contributed by atoms with van der Waals surface area (Å²) in [6.45, 7) is 5.17. The van der Waals surface area contributed by atoms with Gasteiger partial charge < -0.3 is 10.1 Å². The second-order valence-electron chi connectivity index (χ2n) is 4.26. The summed E-state index contributed by atoms with van der Waals surface area (Å²) < 4.78 is 19.8. The first-order valence-corrected chi connectivity index (χ1v) is 6.28. The first-order valence-electron chi connectivity index (χ1n) is 6.28. The average molecular weight is 280 g/mol. The number of ether oxygens (including phenoxy) is 1. The van der Waals surface area contributed by atoms with Crippen molar-refractivity contribution in [3.63, 3.8) is 0 Å². The van der Waals surface area contributed by atoms with Gasteiger partial charge in [-0.1, -0.05) is 0 Å². The average Bonchev–Trinajstić information content (AvgIpc) is 2.75. The van der Waals surface area contributed by atoms with Crippen LogP contribution in [0.15, 0.2) is 6.20 Å². The van der Waals surface area contributed by atoms with Gasteiger partial charge in [0.15, 0.2) is 0 Å². The summed E-state index contributed by atoms with van der Waals surface area (Å²) in [5, 5.41) is 7.28. The fourth-order valence-corrected chi connectivity index (χ4v) is 1.78. The number of nitrogens with one attached hydrogen (secondary N) is 1. The molecule has 0 bridgehead atoms. The van der Waals surface area contributed by atoms with Crippen molar-refractivity contribution >= 4 is 5.95 Å². The molecule has 0 fully saturated rings. The van der Waals surface area contributed by atoms with E-state index in [1.54, 1.807) is 0 Å². The highest BCUT2D eigenvalue weighted by Crippen LogP contribution is 2.13. The molecule has 1 N–H and O–H groups in total. The number of hydrogen-bond donors (Lipinski definition) is 1. The molecular weight excluding hydrogens is 263 g/mol. The van der Waals surface area contributed by atoms with Crippen LogP contribution in [0.4, 0.5) is 10.3 Å². The van der Waals surface area contributed by atoms with E-state index in [9.17, 15) is 4.39 Å². The maximum absolute atomic E-state index is 13.1. The monoisotopic (exact) mass is 280 g/mol. The normalized spacial score (nSPS) is 10.6. The molecule has 7 nitrogen and oxygen atoms in total. The number of anilines is 1. The number of nitrogens with zero attached hydrogens (tertiary/aromatic N) is 5. The first kappa shape index (κ1) is 14.2. The molecule has 0 radical (unpaired) electrons. The molecule has 2 aromatic heterocycles. The minimum Gasteiger partial charge on any atom is -0.479 e. The van der Waals surface area contributed by atoms with Gasteiger partial charge in [-0.2, -0.15) is 14.5 Å². The maximum Gasteiger partial charge on any atom is 0.255 e. The van der Waals surface area contributed by atoms with Crippen LogP contribution in [-0.4, -0.2) is 38.4 Å². The number of aromatic nitrogens is 5. The minimum absolute atomic E-state index is 0.0646. The van der Waals surface area contributed by atoms with Crippen molar-refractivity contribution in [2.45, 2.75) is 26.8 Å². The van der Waals surface area contributed by atoms with Crippen LogP contribution < -0.4 is 10.1 Å². The molecule has 0 saturated carbocycles. The number of rotatable bonds is 6. The Morgan fingerprint density at radius 3 is 2.80 bits per heavy atom. The zero-order valence-electron chi connectivity index (χ0n) is 11.7. The number of halogens is 1.